The molecular formula is C8H9ClN2O2. The van der Waals surface area contributed by atoms with E-state index < -0.39 is 5.91 Å². The molecule has 0 fully saturated rings. The van der Waals surface area contributed by atoms with Gasteiger partial charge >= 0.3 is 0 Å². The standard InChI is InChI=1S/C8H9ClN2O2/c1-13-7-3-6(10)5(9)2-4(7)8(11)12/h2-3H,10H2,1H3,(H2,11,12). The van der Waals surface area contributed by atoms with Crippen molar-refractivity contribution in [1.82, 2.24) is 0 Å². The summed E-state index contributed by atoms with van der Waals surface area (Å²) in [6.45, 7) is 0. The molecule has 0 aromatic heterocycles. The highest BCUT2D eigenvalue weighted by Gasteiger charge is 2.11. The first-order chi connectivity index (χ1) is 6.06. The van der Waals surface area contributed by atoms with Crippen LogP contribution in [0.2, 0.25) is 5.02 Å². The number of carbonyl (C=O) groups excluding carboxylic acids is 1. The van der Waals surface area contributed by atoms with Gasteiger partial charge in [0.05, 0.1) is 23.4 Å². The van der Waals surface area contributed by atoms with Crippen LogP contribution >= 0.6 is 11.6 Å². The first-order valence-electron chi connectivity index (χ1n) is 3.49. The third-order valence-corrected chi connectivity index (χ3v) is 1.91. The number of benzene rings is 1. The first kappa shape index (κ1) is 9.67. The predicted octanol–water partition coefficient (Wildman–Crippen LogP) is 1.03. The highest BCUT2D eigenvalue weighted by Crippen LogP contribution is 2.28. The smallest absolute Gasteiger partial charge is 0.252 e. The van der Waals surface area contributed by atoms with Crippen molar-refractivity contribution in [2.45, 2.75) is 0 Å². The van der Waals surface area contributed by atoms with Crippen LogP contribution in [-0.4, -0.2) is 13.0 Å². The summed E-state index contributed by atoms with van der Waals surface area (Å²) in [6, 6.07) is 2.85. The maximum Gasteiger partial charge on any atom is 0.252 e. The minimum atomic E-state index is -0.598. The number of hydrogen-bond acceptors (Lipinski definition) is 3. The summed E-state index contributed by atoms with van der Waals surface area (Å²) in [5.41, 5.74) is 11.2. The van der Waals surface area contributed by atoms with E-state index in [1.54, 1.807) is 0 Å². The number of nitrogens with two attached hydrogens (primary N) is 2. The maximum absolute atomic E-state index is 10.9. The Bertz CT molecular complexity index is 352. The van der Waals surface area contributed by atoms with Gasteiger partial charge in [-0.05, 0) is 6.07 Å². The van der Waals surface area contributed by atoms with E-state index in [-0.39, 0.29) is 10.6 Å². The molecule has 70 valence electrons. The van der Waals surface area contributed by atoms with Gasteiger partial charge in [-0.25, -0.2) is 0 Å². The van der Waals surface area contributed by atoms with E-state index in [1.165, 1.54) is 19.2 Å². The summed E-state index contributed by atoms with van der Waals surface area (Å²) in [7, 11) is 1.43. The van der Waals surface area contributed by atoms with E-state index in [4.69, 9.17) is 27.8 Å². The zero-order valence-electron chi connectivity index (χ0n) is 7.00. The van der Waals surface area contributed by atoms with Crippen LogP contribution in [0.5, 0.6) is 5.75 Å². The lowest BCUT2D eigenvalue weighted by molar-refractivity contribution is 0.0997. The summed E-state index contributed by atoms with van der Waals surface area (Å²) in [4.78, 5) is 10.9. The van der Waals surface area contributed by atoms with E-state index in [9.17, 15) is 4.79 Å². The SMILES string of the molecule is COc1cc(N)c(Cl)cc1C(N)=O. The Kier molecular flexibility index (Phi) is 2.63. The van der Waals surface area contributed by atoms with Crippen molar-refractivity contribution in [2.24, 2.45) is 5.73 Å². The molecule has 0 aliphatic carbocycles. The highest BCUT2D eigenvalue weighted by molar-refractivity contribution is 6.33. The molecule has 0 saturated heterocycles. The van der Waals surface area contributed by atoms with Gasteiger partial charge in [-0.2, -0.15) is 0 Å². The average molecular weight is 201 g/mol. The van der Waals surface area contributed by atoms with E-state index in [0.717, 1.165) is 0 Å². The van der Waals surface area contributed by atoms with Crippen LogP contribution in [-0.2, 0) is 0 Å². The molecule has 1 aromatic carbocycles. The van der Waals surface area contributed by atoms with Gasteiger partial charge in [0.15, 0.2) is 0 Å². The topological polar surface area (TPSA) is 78.3 Å². The fourth-order valence-electron chi connectivity index (χ4n) is 0.931. The van der Waals surface area contributed by atoms with Crippen molar-refractivity contribution in [3.05, 3.63) is 22.7 Å². The van der Waals surface area contributed by atoms with Gasteiger partial charge in [-0.1, -0.05) is 11.6 Å². The van der Waals surface area contributed by atoms with E-state index >= 15 is 0 Å². The molecule has 0 bridgehead atoms. The van der Waals surface area contributed by atoms with Crippen molar-refractivity contribution in [3.8, 4) is 5.75 Å². The van der Waals surface area contributed by atoms with Crippen LogP contribution in [0.4, 0.5) is 5.69 Å². The fraction of sp³-hybridized carbons (Fsp3) is 0.125. The van der Waals surface area contributed by atoms with Crippen LogP contribution in [0.25, 0.3) is 0 Å². The Morgan fingerprint density at radius 3 is 2.62 bits per heavy atom. The normalized spacial score (nSPS) is 9.69. The molecular weight excluding hydrogens is 192 g/mol. The zero-order valence-corrected chi connectivity index (χ0v) is 7.76. The minimum Gasteiger partial charge on any atom is -0.496 e. The fourth-order valence-corrected chi connectivity index (χ4v) is 1.09. The molecule has 0 aliphatic rings. The van der Waals surface area contributed by atoms with E-state index in [2.05, 4.69) is 0 Å². The maximum atomic E-state index is 10.9. The Morgan fingerprint density at radius 1 is 1.54 bits per heavy atom. The van der Waals surface area contributed by atoms with Crippen molar-refractivity contribution >= 4 is 23.2 Å². The second kappa shape index (κ2) is 3.53. The number of halogens is 1. The molecule has 0 saturated carbocycles. The molecule has 1 aromatic rings. The zero-order chi connectivity index (χ0) is 10.0. The second-order valence-electron chi connectivity index (χ2n) is 2.44. The number of ether oxygens (including phenoxy) is 1. The predicted molar refractivity (Wildman–Crippen MR) is 50.9 cm³/mol. The van der Waals surface area contributed by atoms with Gasteiger partial charge in [-0.3, -0.25) is 4.79 Å². The molecule has 1 rings (SSSR count). The molecule has 0 unspecified atom stereocenters. The van der Waals surface area contributed by atoms with Crippen molar-refractivity contribution < 1.29 is 9.53 Å². The van der Waals surface area contributed by atoms with E-state index in [1.807, 2.05) is 0 Å². The number of methoxy groups -OCH3 is 1. The number of anilines is 1. The summed E-state index contributed by atoms with van der Waals surface area (Å²) in [5, 5.41) is 0.287. The number of carbonyl (C=O) groups is 1. The van der Waals surface area contributed by atoms with Gasteiger partial charge in [0.2, 0.25) is 0 Å². The third kappa shape index (κ3) is 1.84. The molecule has 0 heterocycles. The average Bonchev–Trinajstić information content (AvgIpc) is 2.08. The highest BCUT2D eigenvalue weighted by atomic mass is 35.5. The van der Waals surface area contributed by atoms with Crippen molar-refractivity contribution in [3.63, 3.8) is 0 Å². The molecule has 5 heteroatoms. The lowest BCUT2D eigenvalue weighted by Crippen LogP contribution is -2.12. The van der Waals surface area contributed by atoms with Gasteiger partial charge in [0, 0.05) is 6.07 Å². The number of nitrogen functional groups attached to an aromatic ring is 1. The summed E-state index contributed by atoms with van der Waals surface area (Å²) < 4.78 is 4.90. The molecule has 1 amide bonds. The minimum absolute atomic E-state index is 0.224. The summed E-state index contributed by atoms with van der Waals surface area (Å²) in [6.07, 6.45) is 0. The Labute approximate surface area is 80.4 Å². The molecule has 4 nitrogen and oxygen atoms in total. The quantitative estimate of drug-likeness (QED) is 0.700. The van der Waals surface area contributed by atoms with Crippen LogP contribution in [0.1, 0.15) is 10.4 Å². The number of hydrogen-bond donors (Lipinski definition) is 2. The number of rotatable bonds is 2. The van der Waals surface area contributed by atoms with Crippen LogP contribution in [0.15, 0.2) is 12.1 Å². The monoisotopic (exact) mass is 200 g/mol. The molecule has 13 heavy (non-hydrogen) atoms. The van der Waals surface area contributed by atoms with Crippen LogP contribution < -0.4 is 16.2 Å². The lowest BCUT2D eigenvalue weighted by atomic mass is 10.1. The van der Waals surface area contributed by atoms with Crippen LogP contribution in [0.3, 0.4) is 0 Å². The Hall–Kier alpha value is -1.42. The number of primary amides is 1. The third-order valence-electron chi connectivity index (χ3n) is 1.58. The van der Waals surface area contributed by atoms with Gasteiger partial charge in [0.1, 0.15) is 5.75 Å². The first-order valence-corrected chi connectivity index (χ1v) is 3.87. The van der Waals surface area contributed by atoms with Gasteiger partial charge in [0.25, 0.3) is 5.91 Å². The molecule has 0 atom stereocenters. The number of amides is 1. The second-order valence-corrected chi connectivity index (χ2v) is 2.85. The molecule has 4 N–H and O–H groups in total. The van der Waals surface area contributed by atoms with Gasteiger partial charge in [-0.15, -0.1) is 0 Å². The Balaban J connectivity index is 3.33. The van der Waals surface area contributed by atoms with Gasteiger partial charge < -0.3 is 16.2 Å². The molecule has 0 spiro atoms. The van der Waals surface area contributed by atoms with E-state index in [0.29, 0.717) is 11.4 Å². The largest absolute Gasteiger partial charge is 0.496 e. The Morgan fingerprint density at radius 2 is 2.15 bits per heavy atom. The lowest BCUT2D eigenvalue weighted by Gasteiger charge is -2.07. The summed E-state index contributed by atoms with van der Waals surface area (Å²) in [5.74, 6) is -0.270. The van der Waals surface area contributed by atoms with Crippen molar-refractivity contribution in [1.29, 1.82) is 0 Å². The molecule has 0 aliphatic heterocycles. The van der Waals surface area contributed by atoms with Crippen LogP contribution in [0, 0.1) is 0 Å². The summed E-state index contributed by atoms with van der Waals surface area (Å²) >= 11 is 5.70. The van der Waals surface area contributed by atoms with Crippen molar-refractivity contribution in [2.75, 3.05) is 12.8 Å². The molecule has 0 radical (unpaired) electrons.